The van der Waals surface area contributed by atoms with E-state index in [1.54, 1.807) is 13.0 Å². The summed E-state index contributed by atoms with van der Waals surface area (Å²) in [7, 11) is 0. The molecule has 0 radical (unpaired) electrons. The Bertz CT molecular complexity index is 1160. The van der Waals surface area contributed by atoms with Gasteiger partial charge < -0.3 is 24.7 Å². The Hall–Kier alpha value is -3.21. The smallest absolute Gasteiger partial charge is 0.270 e. The van der Waals surface area contributed by atoms with Gasteiger partial charge in [-0.25, -0.2) is 9.97 Å². The second-order valence-electron chi connectivity index (χ2n) is 9.08. The van der Waals surface area contributed by atoms with Gasteiger partial charge in [-0.1, -0.05) is 23.4 Å². The van der Waals surface area contributed by atoms with E-state index in [4.69, 9.17) is 14.3 Å². The first kappa shape index (κ1) is 23.5. The zero-order valence-corrected chi connectivity index (χ0v) is 19.5. The van der Waals surface area contributed by atoms with Crippen molar-refractivity contribution in [1.82, 2.24) is 15.3 Å². The van der Waals surface area contributed by atoms with E-state index in [1.807, 2.05) is 18.2 Å². The van der Waals surface area contributed by atoms with Crippen molar-refractivity contribution in [2.24, 2.45) is 5.16 Å². The van der Waals surface area contributed by atoms with Crippen LogP contribution in [-0.4, -0.2) is 70.6 Å². The van der Waals surface area contributed by atoms with Gasteiger partial charge in [-0.2, -0.15) is 0 Å². The number of amides is 1. The average Bonchev–Trinajstić information content (AvgIpc) is 3.37. The molecule has 1 amide bonds. The summed E-state index contributed by atoms with van der Waals surface area (Å²) in [5.41, 5.74) is 4.57. The first-order chi connectivity index (χ1) is 17.0. The van der Waals surface area contributed by atoms with E-state index < -0.39 is 0 Å². The summed E-state index contributed by atoms with van der Waals surface area (Å²) < 4.78 is 11.3. The summed E-state index contributed by atoms with van der Waals surface area (Å²) in [4.78, 5) is 38.9. The predicted octanol–water partition coefficient (Wildman–Crippen LogP) is 1.04. The minimum Gasteiger partial charge on any atom is -0.394 e. The van der Waals surface area contributed by atoms with Crippen LogP contribution < -0.4 is 5.32 Å². The summed E-state index contributed by atoms with van der Waals surface area (Å²) in [6.07, 6.45) is 1.36. The van der Waals surface area contributed by atoms with Crippen LogP contribution in [0.15, 0.2) is 29.4 Å². The molecule has 0 unspecified atom stereocenters. The molecule has 1 saturated heterocycles. The summed E-state index contributed by atoms with van der Waals surface area (Å²) in [6.45, 7) is 2.58. The number of benzene rings is 1. The largest absolute Gasteiger partial charge is 0.394 e. The highest BCUT2D eigenvalue weighted by atomic mass is 16.7. The van der Waals surface area contributed by atoms with Gasteiger partial charge in [0.15, 0.2) is 6.10 Å². The standard InChI is InChI=1S/C25H28N4O6/c1-14-27-20(21-9-23(35-29-21)24-13-33-19(11-30)12-34-24)8-22(28-14)25(32)26-10-15-2-3-16-4-5-18(31)7-17(16)6-15/h2-3,6,8,19,23-24,30H,4-5,7,9-13H2,1H3,(H,26,32)/t19-,23+,24-/m1/s1. The van der Waals surface area contributed by atoms with Crippen LogP contribution in [0.25, 0.3) is 0 Å². The fourth-order valence-electron chi connectivity index (χ4n) is 4.50. The van der Waals surface area contributed by atoms with E-state index in [0.717, 1.165) is 17.5 Å². The van der Waals surface area contributed by atoms with Crippen LogP contribution in [0.3, 0.4) is 0 Å². The molecule has 0 bridgehead atoms. The van der Waals surface area contributed by atoms with Crippen LogP contribution >= 0.6 is 0 Å². The number of aliphatic hydroxyl groups is 1. The van der Waals surface area contributed by atoms with Crippen LogP contribution in [0.2, 0.25) is 0 Å². The maximum absolute atomic E-state index is 12.9. The summed E-state index contributed by atoms with van der Waals surface area (Å²) in [6, 6.07) is 7.62. The number of fused-ring (bicyclic) bond motifs is 1. The normalized spacial score (nSPS) is 23.9. The predicted molar refractivity (Wildman–Crippen MR) is 124 cm³/mol. The summed E-state index contributed by atoms with van der Waals surface area (Å²) >= 11 is 0. The quantitative estimate of drug-likeness (QED) is 0.627. The number of nitrogens with one attached hydrogen (secondary N) is 1. The number of ketones is 1. The third kappa shape index (κ3) is 5.39. The third-order valence-electron chi connectivity index (χ3n) is 6.45. The molecule has 1 aromatic heterocycles. The number of hydrogen-bond donors (Lipinski definition) is 2. The second-order valence-corrected chi connectivity index (χ2v) is 9.08. The van der Waals surface area contributed by atoms with Crippen molar-refractivity contribution in [3.05, 3.63) is 58.2 Å². The number of Topliss-reactive ketones (excluding diaryl/α,β-unsaturated/α-hetero) is 1. The lowest BCUT2D eigenvalue weighted by molar-refractivity contribution is -0.178. The topological polar surface area (TPSA) is 132 Å². The fourth-order valence-corrected chi connectivity index (χ4v) is 4.50. The van der Waals surface area contributed by atoms with E-state index in [-0.39, 0.29) is 42.3 Å². The number of hydrogen-bond acceptors (Lipinski definition) is 9. The minimum atomic E-state index is -0.326. The van der Waals surface area contributed by atoms with Crippen molar-refractivity contribution >= 4 is 17.4 Å². The Morgan fingerprint density at radius 1 is 1.11 bits per heavy atom. The van der Waals surface area contributed by atoms with Crippen LogP contribution in [0.1, 0.15) is 51.5 Å². The molecule has 184 valence electrons. The average molecular weight is 481 g/mol. The Balaban J connectivity index is 1.21. The Morgan fingerprint density at radius 3 is 2.80 bits per heavy atom. The van der Waals surface area contributed by atoms with Gasteiger partial charge in [-0.15, -0.1) is 0 Å². The van der Waals surface area contributed by atoms with Gasteiger partial charge >= 0.3 is 0 Å². The maximum Gasteiger partial charge on any atom is 0.270 e. The molecule has 0 spiro atoms. The molecule has 3 heterocycles. The van der Waals surface area contributed by atoms with E-state index in [0.29, 0.717) is 56.3 Å². The molecule has 10 heteroatoms. The Morgan fingerprint density at radius 2 is 2.00 bits per heavy atom. The van der Waals surface area contributed by atoms with Gasteiger partial charge in [0, 0.05) is 25.8 Å². The summed E-state index contributed by atoms with van der Waals surface area (Å²) in [5.74, 6) is 0.385. The van der Waals surface area contributed by atoms with Gasteiger partial charge in [-0.3, -0.25) is 9.59 Å². The fraction of sp³-hybridized carbons (Fsp3) is 0.480. The molecule has 2 N–H and O–H groups in total. The number of aromatic nitrogens is 2. The molecule has 5 rings (SSSR count). The number of aliphatic hydroxyl groups excluding tert-OH is 1. The number of aryl methyl sites for hydroxylation is 2. The summed E-state index contributed by atoms with van der Waals surface area (Å²) in [5, 5.41) is 16.2. The lowest BCUT2D eigenvalue weighted by Gasteiger charge is -2.30. The van der Waals surface area contributed by atoms with Gasteiger partial charge in [0.1, 0.15) is 35.2 Å². The number of ether oxygens (including phenoxy) is 2. The first-order valence-corrected chi connectivity index (χ1v) is 11.8. The van der Waals surface area contributed by atoms with Crippen LogP contribution in [-0.2, 0) is 38.5 Å². The molecule has 1 aliphatic carbocycles. The maximum atomic E-state index is 12.9. The van der Waals surface area contributed by atoms with Crippen LogP contribution in [0.4, 0.5) is 0 Å². The molecule has 10 nitrogen and oxygen atoms in total. The Labute approximate surface area is 202 Å². The molecule has 3 aliphatic rings. The molecule has 1 fully saturated rings. The zero-order valence-electron chi connectivity index (χ0n) is 19.5. The van der Waals surface area contributed by atoms with Gasteiger partial charge in [-0.05, 0) is 36.1 Å². The first-order valence-electron chi connectivity index (χ1n) is 11.8. The van der Waals surface area contributed by atoms with Crippen molar-refractivity contribution in [3.63, 3.8) is 0 Å². The molecule has 1 aromatic carbocycles. The van der Waals surface area contributed by atoms with Gasteiger partial charge in [0.05, 0.1) is 25.5 Å². The van der Waals surface area contributed by atoms with Gasteiger partial charge in [0.25, 0.3) is 5.91 Å². The highest BCUT2D eigenvalue weighted by Crippen LogP contribution is 2.23. The van der Waals surface area contributed by atoms with E-state index >= 15 is 0 Å². The minimum absolute atomic E-state index is 0.0861. The van der Waals surface area contributed by atoms with Gasteiger partial charge in [0.2, 0.25) is 0 Å². The van der Waals surface area contributed by atoms with E-state index in [1.165, 1.54) is 5.56 Å². The van der Waals surface area contributed by atoms with E-state index in [9.17, 15) is 14.7 Å². The van der Waals surface area contributed by atoms with Crippen molar-refractivity contribution in [1.29, 1.82) is 0 Å². The molecular weight excluding hydrogens is 452 g/mol. The molecule has 2 aliphatic heterocycles. The number of nitrogens with zero attached hydrogens (tertiary/aromatic N) is 3. The number of oxime groups is 1. The van der Waals surface area contributed by atoms with Crippen LogP contribution in [0.5, 0.6) is 0 Å². The van der Waals surface area contributed by atoms with E-state index in [2.05, 4.69) is 20.4 Å². The van der Waals surface area contributed by atoms with Crippen molar-refractivity contribution in [3.8, 4) is 0 Å². The second kappa shape index (κ2) is 10.2. The number of carbonyl (C=O) groups excluding carboxylic acids is 2. The van der Waals surface area contributed by atoms with Crippen molar-refractivity contribution in [2.45, 2.75) is 57.5 Å². The third-order valence-corrected chi connectivity index (χ3v) is 6.45. The number of carbonyl (C=O) groups is 2. The molecule has 0 saturated carbocycles. The van der Waals surface area contributed by atoms with Crippen LogP contribution in [0, 0.1) is 6.92 Å². The molecule has 2 aromatic rings. The van der Waals surface area contributed by atoms with Crippen molar-refractivity contribution in [2.75, 3.05) is 19.8 Å². The van der Waals surface area contributed by atoms with Crippen molar-refractivity contribution < 1.29 is 29.0 Å². The monoisotopic (exact) mass is 480 g/mol. The highest BCUT2D eigenvalue weighted by molar-refractivity contribution is 6.02. The molecule has 3 atom stereocenters. The Kier molecular flexibility index (Phi) is 6.85. The number of rotatable bonds is 6. The zero-order chi connectivity index (χ0) is 24.4. The molecule has 35 heavy (non-hydrogen) atoms. The molecular formula is C25H28N4O6. The lowest BCUT2D eigenvalue weighted by Crippen LogP contribution is -2.43. The lowest BCUT2D eigenvalue weighted by atomic mass is 9.89. The highest BCUT2D eigenvalue weighted by Gasteiger charge is 2.35. The SMILES string of the molecule is Cc1nc(C(=O)NCc2ccc3c(c2)CC(=O)CC3)cc(C2=NO[C@H]([C@H]3CO[C@H](CO)CO3)C2)n1.